The van der Waals surface area contributed by atoms with Crippen LogP contribution in [0.5, 0.6) is 0 Å². The largest absolute Gasteiger partial charge is 0.384 e. The fraction of sp³-hybridized carbons (Fsp3) is 0.133. The van der Waals surface area contributed by atoms with Crippen LogP contribution in [-0.4, -0.2) is 11.0 Å². The van der Waals surface area contributed by atoms with E-state index in [0.29, 0.717) is 31.9 Å². The molecule has 0 saturated carbocycles. The van der Waals surface area contributed by atoms with Crippen LogP contribution in [0.15, 0.2) is 30.3 Å². The van der Waals surface area contributed by atoms with Crippen molar-refractivity contribution in [2.75, 3.05) is 5.32 Å². The fourth-order valence-electron chi connectivity index (χ4n) is 2.37. The predicted molar refractivity (Wildman–Crippen MR) is 84.3 cm³/mol. The zero-order valence-electron chi connectivity index (χ0n) is 10.7. The number of hydrogen-bond acceptors (Lipinski definition) is 2. The number of carbonyl (C=O) groups is 1. The first kappa shape index (κ1) is 14.7. The van der Waals surface area contributed by atoms with E-state index in [0.717, 1.165) is 5.56 Å². The van der Waals surface area contributed by atoms with Gasteiger partial charge in [-0.2, -0.15) is 0 Å². The molecule has 1 unspecified atom stereocenters. The highest BCUT2D eigenvalue weighted by Crippen LogP contribution is 2.37. The molecule has 3 nitrogen and oxygen atoms in total. The normalized spacial score (nSPS) is 14.8. The van der Waals surface area contributed by atoms with Crippen molar-refractivity contribution in [1.82, 2.24) is 0 Å². The molecule has 1 atom stereocenters. The van der Waals surface area contributed by atoms with Gasteiger partial charge in [-0.1, -0.05) is 40.9 Å². The van der Waals surface area contributed by atoms with Crippen LogP contribution in [0, 0.1) is 0 Å². The highest BCUT2D eigenvalue weighted by molar-refractivity contribution is 6.35. The van der Waals surface area contributed by atoms with Gasteiger partial charge in [-0.15, -0.1) is 0 Å². The lowest BCUT2D eigenvalue weighted by atomic mass is 9.98. The number of anilines is 1. The van der Waals surface area contributed by atoms with E-state index in [9.17, 15) is 9.90 Å². The summed E-state index contributed by atoms with van der Waals surface area (Å²) >= 11 is 18.2. The molecule has 0 aliphatic carbocycles. The average molecular weight is 343 g/mol. The summed E-state index contributed by atoms with van der Waals surface area (Å²) in [6.07, 6.45) is -0.705. The van der Waals surface area contributed by atoms with Gasteiger partial charge in [0.1, 0.15) is 6.10 Å². The Morgan fingerprint density at radius 2 is 1.76 bits per heavy atom. The third kappa shape index (κ3) is 2.74. The number of carbonyl (C=O) groups excluding carboxylic acids is 1. The summed E-state index contributed by atoms with van der Waals surface area (Å²) in [4.78, 5) is 11.4. The van der Waals surface area contributed by atoms with Gasteiger partial charge in [0.05, 0.1) is 6.42 Å². The minimum Gasteiger partial charge on any atom is -0.384 e. The number of rotatable bonds is 2. The Balaban J connectivity index is 2.04. The molecule has 6 heteroatoms. The van der Waals surface area contributed by atoms with Crippen LogP contribution in [0.1, 0.15) is 22.8 Å². The van der Waals surface area contributed by atoms with Crippen molar-refractivity contribution in [2.45, 2.75) is 12.5 Å². The molecule has 0 radical (unpaired) electrons. The second kappa shape index (κ2) is 5.50. The third-order valence-electron chi connectivity index (χ3n) is 3.40. The molecule has 1 aliphatic rings. The Morgan fingerprint density at radius 3 is 2.48 bits per heavy atom. The number of fused-ring (bicyclic) bond motifs is 1. The van der Waals surface area contributed by atoms with Crippen molar-refractivity contribution in [2.24, 2.45) is 0 Å². The van der Waals surface area contributed by atoms with Crippen LogP contribution in [0.25, 0.3) is 0 Å². The van der Waals surface area contributed by atoms with E-state index in [2.05, 4.69) is 5.32 Å². The lowest BCUT2D eigenvalue weighted by Gasteiger charge is -2.16. The molecule has 1 heterocycles. The van der Waals surface area contributed by atoms with Gasteiger partial charge in [0.2, 0.25) is 5.91 Å². The minimum atomic E-state index is -0.983. The summed E-state index contributed by atoms with van der Waals surface area (Å²) in [6.45, 7) is 0. The lowest BCUT2D eigenvalue weighted by molar-refractivity contribution is -0.115. The summed E-state index contributed by atoms with van der Waals surface area (Å²) in [5, 5.41) is 14.5. The SMILES string of the molecule is O=C1Cc2cc(C(O)c3ccc(Cl)cc3Cl)c(Cl)cc2N1. The number of aliphatic hydroxyl groups excluding tert-OH is 1. The zero-order chi connectivity index (χ0) is 15.1. The number of aliphatic hydroxyl groups is 1. The summed E-state index contributed by atoms with van der Waals surface area (Å²) in [7, 11) is 0. The maximum atomic E-state index is 11.4. The quantitative estimate of drug-likeness (QED) is 0.858. The van der Waals surface area contributed by atoms with Crippen molar-refractivity contribution >= 4 is 46.4 Å². The van der Waals surface area contributed by atoms with Gasteiger partial charge in [0.25, 0.3) is 0 Å². The zero-order valence-corrected chi connectivity index (χ0v) is 12.9. The third-order valence-corrected chi connectivity index (χ3v) is 4.29. The van der Waals surface area contributed by atoms with Gasteiger partial charge < -0.3 is 10.4 Å². The molecule has 1 amide bonds. The summed E-state index contributed by atoms with van der Waals surface area (Å²) in [5.41, 5.74) is 2.52. The van der Waals surface area contributed by atoms with E-state index in [-0.39, 0.29) is 12.3 Å². The second-order valence-corrected chi connectivity index (χ2v) is 6.08. The molecule has 0 aromatic heterocycles. The van der Waals surface area contributed by atoms with Crippen molar-refractivity contribution in [3.8, 4) is 0 Å². The summed E-state index contributed by atoms with van der Waals surface area (Å²) in [5.74, 6) is -0.0859. The first-order valence-electron chi connectivity index (χ1n) is 6.21. The van der Waals surface area contributed by atoms with E-state index in [1.165, 1.54) is 0 Å². The molecular formula is C15H10Cl3NO2. The number of benzene rings is 2. The van der Waals surface area contributed by atoms with E-state index in [4.69, 9.17) is 34.8 Å². The van der Waals surface area contributed by atoms with Crippen LogP contribution in [0.3, 0.4) is 0 Å². The van der Waals surface area contributed by atoms with Gasteiger partial charge in [0, 0.05) is 31.9 Å². The van der Waals surface area contributed by atoms with Crippen molar-refractivity contribution in [3.63, 3.8) is 0 Å². The smallest absolute Gasteiger partial charge is 0.228 e. The Morgan fingerprint density at radius 1 is 1.05 bits per heavy atom. The number of hydrogen-bond donors (Lipinski definition) is 2. The van der Waals surface area contributed by atoms with Gasteiger partial charge in [-0.3, -0.25) is 4.79 Å². The molecule has 21 heavy (non-hydrogen) atoms. The van der Waals surface area contributed by atoms with Gasteiger partial charge >= 0.3 is 0 Å². The highest BCUT2D eigenvalue weighted by Gasteiger charge is 2.23. The van der Waals surface area contributed by atoms with Gasteiger partial charge in [-0.25, -0.2) is 0 Å². The van der Waals surface area contributed by atoms with E-state index in [1.54, 1.807) is 30.3 Å². The van der Waals surface area contributed by atoms with E-state index in [1.807, 2.05) is 0 Å². The van der Waals surface area contributed by atoms with Crippen LogP contribution < -0.4 is 5.32 Å². The molecule has 2 aromatic carbocycles. The number of halogens is 3. The molecule has 1 aliphatic heterocycles. The van der Waals surface area contributed by atoms with Gasteiger partial charge in [0.15, 0.2) is 0 Å². The van der Waals surface area contributed by atoms with Crippen molar-refractivity contribution < 1.29 is 9.90 Å². The van der Waals surface area contributed by atoms with Crippen LogP contribution in [-0.2, 0) is 11.2 Å². The fourth-order valence-corrected chi connectivity index (χ4v) is 3.15. The van der Waals surface area contributed by atoms with Gasteiger partial charge in [-0.05, 0) is 29.8 Å². The molecule has 2 N–H and O–H groups in total. The van der Waals surface area contributed by atoms with Crippen LogP contribution in [0.2, 0.25) is 15.1 Å². The molecular weight excluding hydrogens is 333 g/mol. The maximum absolute atomic E-state index is 11.4. The lowest BCUT2D eigenvalue weighted by Crippen LogP contribution is -2.03. The topological polar surface area (TPSA) is 49.3 Å². The van der Waals surface area contributed by atoms with Crippen LogP contribution >= 0.6 is 34.8 Å². The number of nitrogens with one attached hydrogen (secondary N) is 1. The molecule has 0 spiro atoms. The molecule has 3 rings (SSSR count). The standard InChI is InChI=1S/C15H10Cl3NO2/c16-8-1-2-9(11(17)5-8)15(21)10-3-7-4-14(20)19-13(7)6-12(10)18/h1-3,5-6,15,21H,4H2,(H,19,20). The summed E-state index contributed by atoms with van der Waals surface area (Å²) in [6, 6.07) is 8.24. The van der Waals surface area contributed by atoms with Crippen molar-refractivity contribution in [3.05, 3.63) is 62.1 Å². The monoisotopic (exact) mass is 341 g/mol. The first-order chi connectivity index (χ1) is 9.95. The Hall–Kier alpha value is -1.26. The highest BCUT2D eigenvalue weighted by atomic mass is 35.5. The molecule has 0 saturated heterocycles. The van der Waals surface area contributed by atoms with Crippen molar-refractivity contribution in [1.29, 1.82) is 0 Å². The summed E-state index contributed by atoms with van der Waals surface area (Å²) < 4.78 is 0. The Bertz CT molecular complexity index is 746. The predicted octanol–water partition coefficient (Wildman–Crippen LogP) is 4.22. The second-order valence-electron chi connectivity index (χ2n) is 4.82. The van der Waals surface area contributed by atoms with E-state index < -0.39 is 6.10 Å². The molecule has 108 valence electrons. The molecule has 0 bridgehead atoms. The average Bonchev–Trinajstić information content (AvgIpc) is 2.76. The molecule has 0 fully saturated rings. The number of amides is 1. The first-order valence-corrected chi connectivity index (χ1v) is 7.34. The Labute approximate surface area is 136 Å². The minimum absolute atomic E-state index is 0.0859. The van der Waals surface area contributed by atoms with E-state index >= 15 is 0 Å². The molecule has 2 aromatic rings. The Kier molecular flexibility index (Phi) is 3.84. The maximum Gasteiger partial charge on any atom is 0.228 e. The van der Waals surface area contributed by atoms with Crippen LogP contribution in [0.4, 0.5) is 5.69 Å².